The zero-order valence-corrected chi connectivity index (χ0v) is 21.8. The van der Waals surface area contributed by atoms with Crippen LogP contribution in [0.25, 0.3) is 6.08 Å². The summed E-state index contributed by atoms with van der Waals surface area (Å²) in [5.74, 6) is -0.672. The highest BCUT2D eigenvalue weighted by molar-refractivity contribution is 6.14. The summed E-state index contributed by atoms with van der Waals surface area (Å²) in [5, 5.41) is 10.8. The van der Waals surface area contributed by atoms with Crippen LogP contribution < -0.4 is 4.74 Å². The lowest BCUT2D eigenvalue weighted by Gasteiger charge is -2.27. The molecule has 0 radical (unpaired) electrons. The molecule has 0 saturated carbocycles. The number of hydrogen-bond acceptors (Lipinski definition) is 5. The quantitative estimate of drug-likeness (QED) is 0.214. The average molecular weight is 514 g/mol. The molecule has 1 N–H and O–H groups in total. The van der Waals surface area contributed by atoms with Gasteiger partial charge < -0.3 is 19.3 Å². The standard InChI is InChI=1S/C31H35N3O4/c1-2-3-4-8-22-38-26-15-13-25(14-16-26)29-28(27(35)17-12-24-10-6-5-7-11-24)30(36)31(37)34(29)20-9-19-33-21-18-32-23-33/h5-7,10-18,21,23,29,36H,2-4,8-9,19-20,22H2,1H3/b17-12+. The molecule has 2 aromatic carbocycles. The van der Waals surface area contributed by atoms with Crippen molar-refractivity contribution >= 4 is 17.8 Å². The Balaban J connectivity index is 1.54. The Morgan fingerprint density at radius 1 is 1.03 bits per heavy atom. The second-order valence-electron chi connectivity index (χ2n) is 9.40. The molecular weight excluding hydrogens is 478 g/mol. The molecule has 198 valence electrons. The molecule has 7 nitrogen and oxygen atoms in total. The van der Waals surface area contributed by atoms with Gasteiger partial charge >= 0.3 is 0 Å². The van der Waals surface area contributed by atoms with Crippen LogP contribution >= 0.6 is 0 Å². The highest BCUT2D eigenvalue weighted by Crippen LogP contribution is 2.38. The van der Waals surface area contributed by atoms with E-state index in [0.717, 1.165) is 29.7 Å². The van der Waals surface area contributed by atoms with Crippen LogP contribution in [-0.2, 0) is 16.1 Å². The molecule has 0 aliphatic carbocycles. The molecule has 7 heteroatoms. The van der Waals surface area contributed by atoms with Gasteiger partial charge in [0.05, 0.1) is 24.5 Å². The van der Waals surface area contributed by atoms with E-state index in [1.165, 1.54) is 18.9 Å². The first kappa shape index (κ1) is 26.9. The molecule has 1 aliphatic rings. The highest BCUT2D eigenvalue weighted by Gasteiger charge is 2.42. The largest absolute Gasteiger partial charge is 0.503 e. The Hall–Kier alpha value is -4.13. The molecule has 0 fully saturated rings. The number of hydrogen-bond donors (Lipinski definition) is 1. The summed E-state index contributed by atoms with van der Waals surface area (Å²) in [6, 6.07) is 16.2. The van der Waals surface area contributed by atoms with Crippen LogP contribution in [0, 0.1) is 0 Å². The van der Waals surface area contributed by atoms with E-state index < -0.39 is 23.5 Å². The van der Waals surface area contributed by atoms with Crippen molar-refractivity contribution in [1.29, 1.82) is 0 Å². The minimum absolute atomic E-state index is 0.0954. The molecule has 0 spiro atoms. The third kappa shape index (κ3) is 6.79. The third-order valence-corrected chi connectivity index (χ3v) is 6.63. The number of carbonyl (C=O) groups is 2. The second-order valence-corrected chi connectivity index (χ2v) is 9.40. The van der Waals surface area contributed by atoms with Gasteiger partial charge in [-0.05, 0) is 42.2 Å². The molecule has 3 aromatic rings. The molecule has 1 atom stereocenters. The number of nitrogens with zero attached hydrogens (tertiary/aromatic N) is 3. The number of aliphatic hydroxyl groups is 1. The van der Waals surface area contributed by atoms with Crippen LogP contribution in [0.4, 0.5) is 0 Å². The van der Waals surface area contributed by atoms with Gasteiger partial charge in [-0.25, -0.2) is 4.98 Å². The minimum Gasteiger partial charge on any atom is -0.503 e. The van der Waals surface area contributed by atoms with Gasteiger partial charge in [-0.3, -0.25) is 9.59 Å². The number of unbranched alkanes of at least 4 members (excludes halogenated alkanes) is 3. The van der Waals surface area contributed by atoms with E-state index in [9.17, 15) is 14.7 Å². The summed E-state index contributed by atoms with van der Waals surface area (Å²) in [4.78, 5) is 32.1. The minimum atomic E-state index is -0.684. The van der Waals surface area contributed by atoms with E-state index in [1.807, 2.05) is 65.4 Å². The first-order chi connectivity index (χ1) is 18.6. The van der Waals surface area contributed by atoms with Crippen LogP contribution in [0.3, 0.4) is 0 Å². The molecule has 1 aromatic heterocycles. The van der Waals surface area contributed by atoms with Gasteiger partial charge in [-0.2, -0.15) is 0 Å². The van der Waals surface area contributed by atoms with Crippen molar-refractivity contribution < 1.29 is 19.4 Å². The first-order valence-electron chi connectivity index (χ1n) is 13.3. The topological polar surface area (TPSA) is 84.7 Å². The Labute approximate surface area is 224 Å². The average Bonchev–Trinajstić information content (AvgIpc) is 3.55. The van der Waals surface area contributed by atoms with E-state index in [1.54, 1.807) is 23.5 Å². The van der Waals surface area contributed by atoms with Gasteiger partial charge in [0.25, 0.3) is 5.91 Å². The van der Waals surface area contributed by atoms with Crippen molar-refractivity contribution in [2.75, 3.05) is 13.2 Å². The molecule has 0 saturated heterocycles. The molecule has 4 rings (SSSR count). The normalized spacial score (nSPS) is 15.6. The Morgan fingerprint density at radius 2 is 1.82 bits per heavy atom. The SMILES string of the molecule is CCCCCCOc1ccc(C2C(C(=O)/C=C/c3ccccc3)=C(O)C(=O)N2CCCn2ccnc2)cc1. The lowest BCUT2D eigenvalue weighted by molar-refractivity contribution is -0.129. The predicted octanol–water partition coefficient (Wildman–Crippen LogP) is 5.91. The number of rotatable bonds is 14. The zero-order chi connectivity index (χ0) is 26.7. The molecule has 2 heterocycles. The van der Waals surface area contributed by atoms with Crippen LogP contribution in [0.5, 0.6) is 5.75 Å². The number of benzene rings is 2. The number of aliphatic hydroxyl groups excluding tert-OH is 1. The second kappa shape index (κ2) is 13.4. The number of allylic oxidation sites excluding steroid dienone is 1. The van der Waals surface area contributed by atoms with E-state index in [-0.39, 0.29) is 5.57 Å². The fourth-order valence-corrected chi connectivity index (χ4v) is 4.62. The van der Waals surface area contributed by atoms with Gasteiger partial charge in [0, 0.05) is 25.5 Å². The maximum absolute atomic E-state index is 13.3. The number of aromatic nitrogens is 2. The number of carbonyl (C=O) groups excluding carboxylic acids is 2. The van der Waals surface area contributed by atoms with Gasteiger partial charge in [0.2, 0.25) is 0 Å². The first-order valence-corrected chi connectivity index (χ1v) is 13.3. The molecule has 1 aliphatic heterocycles. The summed E-state index contributed by atoms with van der Waals surface area (Å²) in [7, 11) is 0. The Morgan fingerprint density at radius 3 is 2.53 bits per heavy atom. The smallest absolute Gasteiger partial charge is 0.290 e. The number of ether oxygens (including phenoxy) is 1. The summed E-state index contributed by atoms with van der Waals surface area (Å²) < 4.78 is 7.81. The third-order valence-electron chi connectivity index (χ3n) is 6.63. The van der Waals surface area contributed by atoms with Crippen molar-refractivity contribution in [3.8, 4) is 5.75 Å². The van der Waals surface area contributed by atoms with Crippen molar-refractivity contribution in [2.24, 2.45) is 0 Å². The summed E-state index contributed by atoms with van der Waals surface area (Å²) >= 11 is 0. The zero-order valence-electron chi connectivity index (χ0n) is 21.8. The van der Waals surface area contributed by atoms with Crippen molar-refractivity contribution in [3.63, 3.8) is 0 Å². The van der Waals surface area contributed by atoms with Crippen LogP contribution in [0.15, 0.2) is 90.7 Å². The van der Waals surface area contributed by atoms with E-state index in [0.29, 0.717) is 26.1 Å². The summed E-state index contributed by atoms with van der Waals surface area (Å²) in [6.45, 7) is 3.87. The lowest BCUT2D eigenvalue weighted by Crippen LogP contribution is -2.32. The molecule has 1 unspecified atom stereocenters. The highest BCUT2D eigenvalue weighted by atomic mass is 16.5. The van der Waals surface area contributed by atoms with Crippen molar-refractivity contribution in [3.05, 3.63) is 102 Å². The summed E-state index contributed by atoms with van der Waals surface area (Å²) in [6.07, 6.45) is 13.6. The van der Waals surface area contributed by atoms with Gasteiger partial charge in [-0.15, -0.1) is 0 Å². The van der Waals surface area contributed by atoms with Crippen molar-refractivity contribution in [2.45, 2.75) is 51.6 Å². The monoisotopic (exact) mass is 513 g/mol. The predicted molar refractivity (Wildman–Crippen MR) is 148 cm³/mol. The maximum atomic E-state index is 13.3. The van der Waals surface area contributed by atoms with Gasteiger partial charge in [-0.1, -0.05) is 74.7 Å². The van der Waals surface area contributed by atoms with E-state index in [4.69, 9.17) is 4.74 Å². The van der Waals surface area contributed by atoms with E-state index >= 15 is 0 Å². The molecular formula is C31H35N3O4. The number of ketones is 1. The van der Waals surface area contributed by atoms with Crippen LogP contribution in [-0.4, -0.2) is 44.4 Å². The fraction of sp³-hybridized carbons (Fsp3) is 0.323. The van der Waals surface area contributed by atoms with Crippen LogP contribution in [0.1, 0.15) is 56.2 Å². The molecule has 1 amide bonds. The Kier molecular flexibility index (Phi) is 9.51. The van der Waals surface area contributed by atoms with Gasteiger partial charge in [0.15, 0.2) is 11.5 Å². The fourth-order valence-electron chi connectivity index (χ4n) is 4.62. The number of aryl methyl sites for hydroxylation is 1. The maximum Gasteiger partial charge on any atom is 0.290 e. The molecule has 0 bridgehead atoms. The molecule has 38 heavy (non-hydrogen) atoms. The Bertz CT molecular complexity index is 1250. The number of amides is 1. The van der Waals surface area contributed by atoms with E-state index in [2.05, 4.69) is 11.9 Å². The lowest BCUT2D eigenvalue weighted by atomic mass is 9.95. The van der Waals surface area contributed by atoms with Gasteiger partial charge in [0.1, 0.15) is 5.75 Å². The van der Waals surface area contributed by atoms with Crippen molar-refractivity contribution in [1.82, 2.24) is 14.5 Å². The number of imidazole rings is 1. The summed E-state index contributed by atoms with van der Waals surface area (Å²) in [5.41, 5.74) is 1.71. The van der Waals surface area contributed by atoms with Crippen LogP contribution in [0.2, 0.25) is 0 Å².